The molecule has 0 spiro atoms. The zero-order chi connectivity index (χ0) is 13.2. The zero-order valence-electron chi connectivity index (χ0n) is 11.7. The third-order valence-electron chi connectivity index (χ3n) is 3.08. The van der Waals surface area contributed by atoms with E-state index >= 15 is 0 Å². The highest BCUT2D eigenvalue weighted by Gasteiger charge is 2.20. The molecule has 1 heterocycles. The van der Waals surface area contributed by atoms with Gasteiger partial charge in [0.15, 0.2) is 0 Å². The topological polar surface area (TPSA) is 53.6 Å². The molecule has 0 unspecified atom stereocenters. The summed E-state index contributed by atoms with van der Waals surface area (Å²) in [5, 5.41) is 6.26. The van der Waals surface area contributed by atoms with Crippen LogP contribution in [0, 0.1) is 0 Å². The summed E-state index contributed by atoms with van der Waals surface area (Å²) in [5.41, 5.74) is 0. The summed E-state index contributed by atoms with van der Waals surface area (Å²) in [6.45, 7) is 10.5. The minimum Gasteiger partial charge on any atom is -0.374 e. The minimum absolute atomic E-state index is 0. The molecule has 1 saturated heterocycles. The number of nitrogens with one attached hydrogen (secondary N) is 2. The van der Waals surface area contributed by atoms with Gasteiger partial charge in [-0.1, -0.05) is 13.8 Å². The molecule has 2 N–H and O–H groups in total. The summed E-state index contributed by atoms with van der Waals surface area (Å²) in [4.78, 5) is 13.8. The quantitative estimate of drug-likeness (QED) is 0.632. The van der Waals surface area contributed by atoms with E-state index in [4.69, 9.17) is 4.74 Å². The van der Waals surface area contributed by atoms with Crippen LogP contribution in [0.2, 0.25) is 0 Å². The van der Waals surface area contributed by atoms with Crippen LogP contribution in [-0.4, -0.2) is 62.8 Å². The number of hydrogen-bond donors (Lipinski definition) is 2. The maximum Gasteiger partial charge on any atom is 0.220 e. The van der Waals surface area contributed by atoms with E-state index in [2.05, 4.69) is 22.5 Å². The van der Waals surface area contributed by atoms with E-state index in [1.54, 1.807) is 0 Å². The molecule has 1 aliphatic heterocycles. The monoisotopic (exact) mass is 261 g/mol. The van der Waals surface area contributed by atoms with Gasteiger partial charge in [-0.3, -0.25) is 9.69 Å². The average Bonchev–Trinajstić information content (AvgIpc) is 2.38. The Balaban J connectivity index is 0. The van der Waals surface area contributed by atoms with Crippen LogP contribution in [0.25, 0.3) is 0 Å². The number of amides is 1. The van der Waals surface area contributed by atoms with Gasteiger partial charge in [0.1, 0.15) is 0 Å². The number of carbonyl (C=O) groups excluding carboxylic acids is 1. The van der Waals surface area contributed by atoms with Crippen LogP contribution >= 0.6 is 0 Å². The van der Waals surface area contributed by atoms with Crippen molar-refractivity contribution >= 4 is 5.91 Å². The van der Waals surface area contributed by atoms with Crippen LogP contribution in [-0.2, 0) is 9.53 Å². The molecule has 1 atom stereocenters. The first-order valence-electron chi connectivity index (χ1n) is 7.07. The molecule has 1 fully saturated rings. The molecule has 0 saturated carbocycles. The Morgan fingerprint density at radius 3 is 3.06 bits per heavy atom. The van der Waals surface area contributed by atoms with Crippen molar-refractivity contribution in [2.24, 2.45) is 0 Å². The van der Waals surface area contributed by atoms with Crippen molar-refractivity contribution in [2.75, 3.05) is 45.9 Å². The van der Waals surface area contributed by atoms with Gasteiger partial charge in [0.2, 0.25) is 5.91 Å². The van der Waals surface area contributed by atoms with Crippen molar-refractivity contribution < 1.29 is 12.4 Å². The molecule has 110 valence electrons. The number of nitrogens with zero attached hydrogens (tertiary/aromatic N) is 1. The highest BCUT2D eigenvalue weighted by Crippen LogP contribution is 2.03. The Hall–Kier alpha value is -0.650. The second-order valence-corrected chi connectivity index (χ2v) is 4.70. The Morgan fingerprint density at radius 2 is 2.33 bits per heavy atom. The van der Waals surface area contributed by atoms with Crippen LogP contribution < -0.4 is 10.6 Å². The summed E-state index contributed by atoms with van der Waals surface area (Å²) in [6.07, 6.45) is 1.64. The normalized spacial score (nSPS) is 20.9. The molecule has 0 aromatic heterocycles. The molecule has 18 heavy (non-hydrogen) atoms. The molecule has 0 aliphatic carbocycles. The van der Waals surface area contributed by atoms with Gasteiger partial charge in [-0.05, 0) is 13.0 Å². The van der Waals surface area contributed by atoms with Gasteiger partial charge in [-0.15, -0.1) is 0 Å². The SMILES string of the molecule is CCCC(=O)NC[C@H]1CN(CCNCC)CCO1.[HH].[HH]. The fraction of sp³-hybridized carbons (Fsp3) is 0.923. The smallest absolute Gasteiger partial charge is 0.220 e. The molecule has 0 aromatic rings. The summed E-state index contributed by atoms with van der Waals surface area (Å²) >= 11 is 0. The van der Waals surface area contributed by atoms with E-state index < -0.39 is 0 Å². The summed E-state index contributed by atoms with van der Waals surface area (Å²) < 4.78 is 5.67. The summed E-state index contributed by atoms with van der Waals surface area (Å²) in [7, 11) is 0. The number of hydrogen-bond acceptors (Lipinski definition) is 4. The molecule has 1 rings (SSSR count). The first-order valence-corrected chi connectivity index (χ1v) is 7.07. The first-order chi connectivity index (χ1) is 8.76. The lowest BCUT2D eigenvalue weighted by Gasteiger charge is -2.33. The fourth-order valence-corrected chi connectivity index (χ4v) is 2.06. The molecule has 1 aliphatic rings. The third kappa shape index (κ3) is 6.33. The van der Waals surface area contributed by atoms with Gasteiger partial charge in [0.25, 0.3) is 0 Å². The summed E-state index contributed by atoms with van der Waals surface area (Å²) in [6, 6.07) is 0. The molecular weight excluding hydrogens is 230 g/mol. The minimum atomic E-state index is 0. The van der Waals surface area contributed by atoms with Crippen LogP contribution in [0.4, 0.5) is 0 Å². The Bertz CT molecular complexity index is 246. The lowest BCUT2D eigenvalue weighted by Crippen LogP contribution is -2.49. The van der Waals surface area contributed by atoms with Gasteiger partial charge < -0.3 is 15.4 Å². The van der Waals surface area contributed by atoms with Gasteiger partial charge in [-0.2, -0.15) is 0 Å². The van der Waals surface area contributed by atoms with Crippen molar-refractivity contribution in [3.63, 3.8) is 0 Å². The predicted molar refractivity (Wildman–Crippen MR) is 76.9 cm³/mol. The molecule has 0 radical (unpaired) electrons. The van der Waals surface area contributed by atoms with Crippen LogP contribution in [0.5, 0.6) is 0 Å². The second kappa shape index (κ2) is 9.30. The lowest BCUT2D eigenvalue weighted by atomic mass is 10.2. The van der Waals surface area contributed by atoms with Gasteiger partial charge in [-0.25, -0.2) is 0 Å². The summed E-state index contributed by atoms with van der Waals surface area (Å²) in [5.74, 6) is 0.130. The molecular formula is C13H31N3O2. The second-order valence-electron chi connectivity index (χ2n) is 4.70. The Morgan fingerprint density at radius 1 is 1.50 bits per heavy atom. The molecule has 0 bridgehead atoms. The van der Waals surface area contributed by atoms with Gasteiger partial charge in [0.05, 0.1) is 12.7 Å². The lowest BCUT2D eigenvalue weighted by molar-refractivity contribution is -0.122. The number of rotatable bonds is 8. The standard InChI is InChI=1S/C13H27N3O2.2H2/c1-3-5-13(17)15-10-12-11-16(8-9-18-12)7-6-14-4-2;;/h12,14H,3-11H2,1-2H3,(H,15,17);2*1H/t12-;;/m0../s1. The van der Waals surface area contributed by atoms with Crippen molar-refractivity contribution in [1.29, 1.82) is 0 Å². The highest BCUT2D eigenvalue weighted by atomic mass is 16.5. The molecule has 0 aromatic carbocycles. The first kappa shape index (κ1) is 15.4. The van der Waals surface area contributed by atoms with Gasteiger partial charge in [0, 0.05) is 42.0 Å². The number of likely N-dealkylation sites (N-methyl/N-ethyl adjacent to an activating group) is 1. The van der Waals surface area contributed by atoms with Crippen LogP contribution in [0.1, 0.15) is 29.5 Å². The van der Waals surface area contributed by atoms with Crippen molar-refractivity contribution in [3.05, 3.63) is 0 Å². The molecule has 5 heteroatoms. The van der Waals surface area contributed by atoms with Gasteiger partial charge >= 0.3 is 0 Å². The third-order valence-corrected chi connectivity index (χ3v) is 3.08. The van der Waals surface area contributed by atoms with E-state index in [0.717, 1.165) is 45.8 Å². The number of ether oxygens (including phenoxy) is 1. The van der Waals surface area contributed by atoms with Crippen LogP contribution in [0.3, 0.4) is 0 Å². The highest BCUT2D eigenvalue weighted by molar-refractivity contribution is 5.75. The fourth-order valence-electron chi connectivity index (χ4n) is 2.06. The maximum atomic E-state index is 11.4. The largest absolute Gasteiger partial charge is 0.374 e. The predicted octanol–water partition coefficient (Wildman–Crippen LogP) is 0.705. The van der Waals surface area contributed by atoms with Crippen molar-refractivity contribution in [3.8, 4) is 0 Å². The Kier molecular flexibility index (Phi) is 7.96. The Labute approximate surface area is 113 Å². The van der Waals surface area contributed by atoms with Crippen molar-refractivity contribution in [1.82, 2.24) is 15.5 Å². The molecule has 1 amide bonds. The average molecular weight is 261 g/mol. The number of morpholine rings is 1. The van der Waals surface area contributed by atoms with Crippen molar-refractivity contribution in [2.45, 2.75) is 32.8 Å². The van der Waals surface area contributed by atoms with Crippen LogP contribution in [0.15, 0.2) is 0 Å². The zero-order valence-corrected chi connectivity index (χ0v) is 11.7. The van der Waals surface area contributed by atoms with E-state index in [1.807, 2.05) is 6.92 Å². The maximum absolute atomic E-state index is 11.4. The van der Waals surface area contributed by atoms with E-state index in [0.29, 0.717) is 13.0 Å². The van der Waals surface area contributed by atoms with E-state index in [-0.39, 0.29) is 14.9 Å². The number of carbonyl (C=O) groups is 1. The molecule has 5 nitrogen and oxygen atoms in total. The van der Waals surface area contributed by atoms with E-state index in [9.17, 15) is 4.79 Å². The van der Waals surface area contributed by atoms with E-state index in [1.165, 1.54) is 0 Å².